The largest absolute Gasteiger partial charge is 0.352 e. The summed E-state index contributed by atoms with van der Waals surface area (Å²) in [7, 11) is 0. The number of nitrogens with zero attached hydrogens (tertiary/aromatic N) is 2. The molecule has 2 saturated heterocycles. The number of aromatic nitrogens is 1. The lowest BCUT2D eigenvalue weighted by atomic mass is 9.83. The molecule has 33 heavy (non-hydrogen) atoms. The van der Waals surface area contributed by atoms with Crippen LogP contribution in [0.25, 0.3) is 0 Å². The van der Waals surface area contributed by atoms with Gasteiger partial charge in [-0.2, -0.15) is 0 Å². The molecule has 7 heteroatoms. The van der Waals surface area contributed by atoms with Crippen LogP contribution in [-0.4, -0.2) is 41.0 Å². The molecular formula is C26H31ClN4O2. The number of pyridine rings is 1. The fourth-order valence-electron chi connectivity index (χ4n) is 5.29. The third kappa shape index (κ3) is 4.45. The van der Waals surface area contributed by atoms with Gasteiger partial charge in [0.1, 0.15) is 5.82 Å². The van der Waals surface area contributed by atoms with Gasteiger partial charge in [-0.25, -0.2) is 4.98 Å². The van der Waals surface area contributed by atoms with Gasteiger partial charge in [-0.1, -0.05) is 29.8 Å². The van der Waals surface area contributed by atoms with Gasteiger partial charge in [-0.3, -0.25) is 9.59 Å². The van der Waals surface area contributed by atoms with Crippen molar-refractivity contribution in [3.05, 3.63) is 58.7 Å². The molecule has 2 aliphatic heterocycles. The fourth-order valence-corrected chi connectivity index (χ4v) is 5.67. The van der Waals surface area contributed by atoms with Crippen molar-refractivity contribution in [3.8, 4) is 0 Å². The van der Waals surface area contributed by atoms with Gasteiger partial charge >= 0.3 is 0 Å². The Kier molecular flexibility index (Phi) is 5.81. The summed E-state index contributed by atoms with van der Waals surface area (Å²) in [5, 5.41) is 6.94. The fraction of sp³-hybridized carbons (Fsp3) is 0.500. The van der Waals surface area contributed by atoms with E-state index in [1.54, 1.807) is 6.20 Å². The topological polar surface area (TPSA) is 74.3 Å². The molecule has 2 N–H and O–H groups in total. The summed E-state index contributed by atoms with van der Waals surface area (Å²) in [6.07, 6.45) is 7.81. The highest BCUT2D eigenvalue weighted by Crippen LogP contribution is 2.39. The Morgan fingerprint density at radius 3 is 2.27 bits per heavy atom. The van der Waals surface area contributed by atoms with Crippen LogP contribution in [0.4, 0.5) is 5.82 Å². The molecule has 1 saturated carbocycles. The number of hydrogen-bond donors (Lipinski definition) is 2. The number of halogens is 1. The zero-order chi connectivity index (χ0) is 23.2. The second-order valence-electron chi connectivity index (χ2n) is 10.2. The lowest BCUT2D eigenvalue weighted by molar-refractivity contribution is -0.126. The highest BCUT2D eigenvalue weighted by Gasteiger charge is 2.43. The molecule has 1 unspecified atom stereocenters. The maximum Gasteiger partial charge on any atom is 0.253 e. The number of benzene rings is 1. The zero-order valence-corrected chi connectivity index (χ0v) is 19.9. The quantitative estimate of drug-likeness (QED) is 0.668. The van der Waals surface area contributed by atoms with Gasteiger partial charge in [0.25, 0.3) is 5.91 Å². The van der Waals surface area contributed by atoms with Gasteiger partial charge < -0.3 is 15.5 Å². The van der Waals surface area contributed by atoms with E-state index in [0.29, 0.717) is 28.7 Å². The predicted octanol–water partition coefficient (Wildman–Crippen LogP) is 4.22. The van der Waals surface area contributed by atoms with E-state index in [-0.39, 0.29) is 17.9 Å². The van der Waals surface area contributed by atoms with E-state index in [1.165, 1.54) is 0 Å². The Morgan fingerprint density at radius 2 is 1.67 bits per heavy atom. The van der Waals surface area contributed by atoms with E-state index in [0.717, 1.165) is 49.9 Å². The van der Waals surface area contributed by atoms with Crippen LogP contribution in [0, 0.1) is 0 Å². The van der Waals surface area contributed by atoms with Crippen molar-refractivity contribution in [3.63, 3.8) is 0 Å². The molecule has 3 fully saturated rings. The average Bonchev–Trinajstić information content (AvgIpc) is 3.57. The number of amides is 2. The molecule has 6 nitrogen and oxygen atoms in total. The minimum atomic E-state index is -0.701. The highest BCUT2D eigenvalue weighted by atomic mass is 35.5. The summed E-state index contributed by atoms with van der Waals surface area (Å²) < 4.78 is 0. The molecule has 3 aliphatic rings. The molecule has 3 heterocycles. The van der Waals surface area contributed by atoms with Gasteiger partial charge in [-0.15, -0.1) is 0 Å². The van der Waals surface area contributed by atoms with E-state index in [9.17, 15) is 9.59 Å². The minimum Gasteiger partial charge on any atom is -0.352 e. The van der Waals surface area contributed by atoms with Gasteiger partial charge in [0.05, 0.1) is 11.0 Å². The maximum atomic E-state index is 13.2. The van der Waals surface area contributed by atoms with Crippen LogP contribution in [-0.2, 0) is 10.2 Å². The summed E-state index contributed by atoms with van der Waals surface area (Å²) in [4.78, 5) is 32.5. The lowest BCUT2D eigenvalue weighted by Crippen LogP contribution is -2.53. The summed E-state index contributed by atoms with van der Waals surface area (Å²) in [5.41, 5.74) is 0.758. The van der Waals surface area contributed by atoms with E-state index in [2.05, 4.69) is 20.5 Å². The number of hydrogen-bond acceptors (Lipinski definition) is 4. The standard InChI is InChI=1S/C26H31ClN4O2/c1-26(2,21-5-3-4-6-22(21)27)25(33)30-18-13-19-10-11-20(14-18)31(19)23-12-7-16(15-28-23)24(32)29-17-8-9-17/h3-7,12,15,17-20H,8-11,13-14H2,1-2H3,(H,29,32)(H,30,33)/t18?,19-,20+. The van der Waals surface area contributed by atoms with Crippen LogP contribution in [0.5, 0.6) is 0 Å². The first kappa shape index (κ1) is 22.2. The Hall–Kier alpha value is -2.60. The monoisotopic (exact) mass is 466 g/mol. The second-order valence-corrected chi connectivity index (χ2v) is 10.6. The molecular weight excluding hydrogens is 436 g/mol. The van der Waals surface area contributed by atoms with Crippen molar-refractivity contribution in [2.45, 2.75) is 82.0 Å². The van der Waals surface area contributed by atoms with Crippen LogP contribution in [0.2, 0.25) is 5.02 Å². The van der Waals surface area contributed by atoms with Crippen molar-refractivity contribution < 1.29 is 9.59 Å². The van der Waals surface area contributed by atoms with Gasteiger partial charge in [0.15, 0.2) is 0 Å². The van der Waals surface area contributed by atoms with Crippen LogP contribution in [0.1, 0.15) is 68.3 Å². The molecule has 5 rings (SSSR count). The van der Waals surface area contributed by atoms with Crippen molar-refractivity contribution in [2.24, 2.45) is 0 Å². The third-order valence-electron chi connectivity index (χ3n) is 7.37. The number of fused-ring (bicyclic) bond motifs is 2. The molecule has 3 atom stereocenters. The van der Waals surface area contributed by atoms with Crippen molar-refractivity contribution >= 4 is 29.2 Å². The zero-order valence-electron chi connectivity index (χ0n) is 19.2. The van der Waals surface area contributed by atoms with Crippen LogP contribution >= 0.6 is 11.6 Å². The average molecular weight is 467 g/mol. The van der Waals surface area contributed by atoms with Crippen molar-refractivity contribution in [1.82, 2.24) is 15.6 Å². The van der Waals surface area contributed by atoms with Gasteiger partial charge in [-0.05, 0) is 76.1 Å². The van der Waals surface area contributed by atoms with E-state index >= 15 is 0 Å². The van der Waals surface area contributed by atoms with Gasteiger partial charge in [0, 0.05) is 35.4 Å². The minimum absolute atomic E-state index is 0.0117. The maximum absolute atomic E-state index is 13.2. The molecule has 1 aromatic heterocycles. The highest BCUT2D eigenvalue weighted by molar-refractivity contribution is 6.31. The number of anilines is 1. The summed E-state index contributed by atoms with van der Waals surface area (Å²) in [6.45, 7) is 3.86. The number of rotatable bonds is 6. The molecule has 0 spiro atoms. The molecule has 2 amide bonds. The van der Waals surface area contributed by atoms with Gasteiger partial charge in [0.2, 0.25) is 5.91 Å². The smallest absolute Gasteiger partial charge is 0.253 e. The van der Waals surface area contributed by atoms with E-state index in [1.807, 2.05) is 50.2 Å². The first-order valence-electron chi connectivity index (χ1n) is 11.9. The molecule has 2 bridgehead atoms. The van der Waals surface area contributed by atoms with Crippen LogP contribution < -0.4 is 15.5 Å². The van der Waals surface area contributed by atoms with E-state index < -0.39 is 5.41 Å². The number of carbonyl (C=O) groups is 2. The first-order chi connectivity index (χ1) is 15.8. The molecule has 1 aromatic carbocycles. The van der Waals surface area contributed by atoms with Crippen LogP contribution in [0.15, 0.2) is 42.6 Å². The summed E-state index contributed by atoms with van der Waals surface area (Å²) in [5.74, 6) is 0.895. The Morgan fingerprint density at radius 1 is 0.970 bits per heavy atom. The molecule has 0 radical (unpaired) electrons. The Balaban J connectivity index is 1.23. The molecule has 174 valence electrons. The normalized spacial score (nSPS) is 24.5. The lowest BCUT2D eigenvalue weighted by Gasteiger charge is -2.41. The SMILES string of the molecule is CC(C)(C(=O)NC1C[C@H]2CC[C@@H](C1)N2c1ccc(C(=O)NC2CC2)cn1)c1ccccc1Cl. The van der Waals surface area contributed by atoms with E-state index in [4.69, 9.17) is 11.6 Å². The van der Waals surface area contributed by atoms with Crippen molar-refractivity contribution in [2.75, 3.05) is 4.90 Å². The molecule has 2 aromatic rings. The second kappa shape index (κ2) is 8.64. The third-order valence-corrected chi connectivity index (χ3v) is 7.70. The number of piperidine rings is 1. The summed E-state index contributed by atoms with van der Waals surface area (Å²) >= 11 is 6.38. The Bertz CT molecular complexity index is 1040. The molecule has 1 aliphatic carbocycles. The predicted molar refractivity (Wildman–Crippen MR) is 130 cm³/mol. The van der Waals surface area contributed by atoms with Crippen LogP contribution in [0.3, 0.4) is 0 Å². The first-order valence-corrected chi connectivity index (χ1v) is 12.3. The van der Waals surface area contributed by atoms with Crippen molar-refractivity contribution in [1.29, 1.82) is 0 Å². The number of nitrogens with one attached hydrogen (secondary N) is 2. The number of carbonyl (C=O) groups excluding carboxylic acids is 2. The Labute approximate surface area is 200 Å². The summed E-state index contributed by atoms with van der Waals surface area (Å²) in [6, 6.07) is 12.6.